The van der Waals surface area contributed by atoms with E-state index in [0.29, 0.717) is 6.54 Å². The first-order valence-corrected chi connectivity index (χ1v) is 8.08. The molecule has 0 aliphatic rings. The van der Waals surface area contributed by atoms with Crippen molar-refractivity contribution in [3.8, 4) is 0 Å². The van der Waals surface area contributed by atoms with Crippen molar-refractivity contribution < 1.29 is 9.13 Å². The largest absolute Gasteiger partial charge is 0.379 e. The van der Waals surface area contributed by atoms with Crippen LogP contribution in [-0.4, -0.2) is 39.3 Å². The van der Waals surface area contributed by atoms with E-state index in [1.54, 1.807) is 26.3 Å². The summed E-state index contributed by atoms with van der Waals surface area (Å²) in [4.78, 5) is 4.21. The van der Waals surface area contributed by atoms with Crippen molar-refractivity contribution in [1.82, 2.24) is 10.6 Å². The SMILES string of the molecule is CN=C(NCCCc1cccc(F)c1)NCC(OC)C(C)(C)C.I. The summed E-state index contributed by atoms with van der Waals surface area (Å²) >= 11 is 0. The van der Waals surface area contributed by atoms with Crippen molar-refractivity contribution in [2.24, 2.45) is 10.4 Å². The number of hydrogen-bond acceptors (Lipinski definition) is 2. The first-order chi connectivity index (χ1) is 10.9. The van der Waals surface area contributed by atoms with Gasteiger partial charge < -0.3 is 15.4 Å². The van der Waals surface area contributed by atoms with E-state index in [4.69, 9.17) is 4.74 Å². The lowest BCUT2D eigenvalue weighted by Crippen LogP contribution is -2.45. The number of aryl methyl sites for hydroxylation is 1. The lowest BCUT2D eigenvalue weighted by atomic mass is 9.89. The second-order valence-electron chi connectivity index (χ2n) is 6.70. The Morgan fingerprint density at radius 3 is 2.54 bits per heavy atom. The molecule has 1 aromatic rings. The van der Waals surface area contributed by atoms with Crippen LogP contribution in [0, 0.1) is 11.2 Å². The highest BCUT2D eigenvalue weighted by molar-refractivity contribution is 14.0. The van der Waals surface area contributed by atoms with Crippen LogP contribution in [0.5, 0.6) is 0 Å². The van der Waals surface area contributed by atoms with Crippen LogP contribution in [0.3, 0.4) is 0 Å². The number of aliphatic imine (C=N–C) groups is 1. The third-order valence-corrected chi connectivity index (χ3v) is 3.75. The Kier molecular flexibility index (Phi) is 11.2. The van der Waals surface area contributed by atoms with Crippen LogP contribution >= 0.6 is 24.0 Å². The van der Waals surface area contributed by atoms with Crippen molar-refractivity contribution in [2.75, 3.05) is 27.2 Å². The summed E-state index contributed by atoms with van der Waals surface area (Å²) in [5.74, 6) is 0.580. The van der Waals surface area contributed by atoms with Crippen LogP contribution in [0.25, 0.3) is 0 Å². The molecule has 0 fully saturated rings. The van der Waals surface area contributed by atoms with Gasteiger partial charge in [0.15, 0.2) is 5.96 Å². The van der Waals surface area contributed by atoms with Gasteiger partial charge >= 0.3 is 0 Å². The summed E-state index contributed by atoms with van der Waals surface area (Å²) in [6.45, 7) is 7.93. The first kappa shape index (κ1) is 23.1. The topological polar surface area (TPSA) is 45.7 Å². The average Bonchev–Trinajstić information content (AvgIpc) is 2.48. The molecule has 1 atom stereocenters. The Morgan fingerprint density at radius 2 is 2.00 bits per heavy atom. The Morgan fingerprint density at radius 1 is 1.29 bits per heavy atom. The molecule has 0 heterocycles. The molecule has 2 N–H and O–H groups in total. The number of guanidine groups is 1. The van der Waals surface area contributed by atoms with Gasteiger partial charge in [0, 0.05) is 27.2 Å². The number of hydrogen-bond donors (Lipinski definition) is 2. The average molecular weight is 451 g/mol. The quantitative estimate of drug-likeness (QED) is 0.288. The summed E-state index contributed by atoms with van der Waals surface area (Å²) in [5, 5.41) is 6.56. The zero-order valence-electron chi connectivity index (χ0n) is 15.4. The van der Waals surface area contributed by atoms with Gasteiger partial charge in [-0.15, -0.1) is 24.0 Å². The van der Waals surface area contributed by atoms with E-state index in [9.17, 15) is 4.39 Å². The van der Waals surface area contributed by atoms with Crippen molar-refractivity contribution in [2.45, 2.75) is 39.7 Å². The fourth-order valence-corrected chi connectivity index (χ4v) is 2.34. The Labute approximate surface area is 162 Å². The third-order valence-electron chi connectivity index (χ3n) is 3.75. The van der Waals surface area contributed by atoms with Crippen LogP contribution in [0.15, 0.2) is 29.3 Å². The van der Waals surface area contributed by atoms with E-state index >= 15 is 0 Å². The van der Waals surface area contributed by atoms with Gasteiger partial charge in [-0.2, -0.15) is 0 Å². The number of methoxy groups -OCH3 is 1. The Bertz CT molecular complexity index is 503. The maximum Gasteiger partial charge on any atom is 0.191 e. The zero-order valence-corrected chi connectivity index (χ0v) is 17.7. The minimum atomic E-state index is -0.180. The second-order valence-corrected chi connectivity index (χ2v) is 6.70. The molecule has 0 spiro atoms. The van der Waals surface area contributed by atoms with Crippen LogP contribution in [0.4, 0.5) is 4.39 Å². The molecule has 0 aromatic heterocycles. The fraction of sp³-hybridized carbons (Fsp3) is 0.611. The van der Waals surface area contributed by atoms with Crippen LogP contribution < -0.4 is 10.6 Å². The van der Waals surface area contributed by atoms with Crippen LogP contribution in [0.1, 0.15) is 32.8 Å². The smallest absolute Gasteiger partial charge is 0.191 e. The monoisotopic (exact) mass is 451 g/mol. The number of halogens is 2. The summed E-state index contributed by atoms with van der Waals surface area (Å²) in [5.41, 5.74) is 1.08. The molecular weight excluding hydrogens is 420 g/mol. The van der Waals surface area contributed by atoms with E-state index in [0.717, 1.165) is 30.9 Å². The lowest BCUT2D eigenvalue weighted by Gasteiger charge is -2.30. The van der Waals surface area contributed by atoms with E-state index in [2.05, 4.69) is 36.4 Å². The number of nitrogens with one attached hydrogen (secondary N) is 2. The minimum absolute atomic E-state index is 0. The highest BCUT2D eigenvalue weighted by atomic mass is 127. The maximum absolute atomic E-state index is 13.1. The fourth-order valence-electron chi connectivity index (χ4n) is 2.34. The number of ether oxygens (including phenoxy) is 1. The van der Waals surface area contributed by atoms with E-state index in [1.807, 2.05) is 6.07 Å². The predicted octanol–water partition coefficient (Wildman–Crippen LogP) is 3.60. The maximum atomic E-state index is 13.1. The molecule has 0 aliphatic heterocycles. The number of nitrogens with zero attached hydrogens (tertiary/aromatic N) is 1. The van der Waals surface area contributed by atoms with Gasteiger partial charge in [-0.1, -0.05) is 32.9 Å². The van der Waals surface area contributed by atoms with Crippen molar-refractivity contribution in [3.63, 3.8) is 0 Å². The molecule has 1 unspecified atom stereocenters. The molecule has 0 aliphatic carbocycles. The van der Waals surface area contributed by atoms with Gasteiger partial charge in [-0.05, 0) is 36.0 Å². The van der Waals surface area contributed by atoms with Gasteiger partial charge in [0.05, 0.1) is 6.10 Å². The Balaban J connectivity index is 0.00000529. The number of rotatable bonds is 7. The first-order valence-electron chi connectivity index (χ1n) is 8.08. The van der Waals surface area contributed by atoms with Crippen LogP contribution in [-0.2, 0) is 11.2 Å². The van der Waals surface area contributed by atoms with Gasteiger partial charge in [0.25, 0.3) is 0 Å². The molecule has 6 heteroatoms. The zero-order chi connectivity index (χ0) is 17.3. The van der Waals surface area contributed by atoms with Crippen molar-refractivity contribution in [3.05, 3.63) is 35.6 Å². The molecule has 4 nitrogen and oxygen atoms in total. The van der Waals surface area contributed by atoms with Gasteiger partial charge in [0.1, 0.15) is 5.82 Å². The normalized spacial score (nSPS) is 13.2. The van der Waals surface area contributed by atoms with Crippen molar-refractivity contribution in [1.29, 1.82) is 0 Å². The summed E-state index contributed by atoms with van der Waals surface area (Å²) in [6.07, 6.45) is 1.86. The summed E-state index contributed by atoms with van der Waals surface area (Å²) in [6, 6.07) is 6.74. The lowest BCUT2D eigenvalue weighted by molar-refractivity contribution is 0.0205. The van der Waals surface area contributed by atoms with E-state index in [1.165, 1.54) is 6.07 Å². The third kappa shape index (κ3) is 8.82. The molecule has 0 amide bonds. The molecule has 138 valence electrons. The highest BCUT2D eigenvalue weighted by Gasteiger charge is 2.24. The van der Waals surface area contributed by atoms with Gasteiger partial charge in [-0.3, -0.25) is 4.99 Å². The second kappa shape index (κ2) is 11.6. The van der Waals surface area contributed by atoms with E-state index < -0.39 is 0 Å². The minimum Gasteiger partial charge on any atom is -0.379 e. The van der Waals surface area contributed by atoms with E-state index in [-0.39, 0.29) is 41.3 Å². The molecule has 24 heavy (non-hydrogen) atoms. The summed E-state index contributed by atoms with van der Waals surface area (Å²) < 4.78 is 18.6. The molecule has 1 rings (SSSR count). The molecule has 0 radical (unpaired) electrons. The molecule has 0 bridgehead atoms. The molecule has 1 aromatic carbocycles. The number of benzene rings is 1. The highest BCUT2D eigenvalue weighted by Crippen LogP contribution is 2.20. The molecule has 0 saturated heterocycles. The van der Waals surface area contributed by atoms with Crippen LogP contribution in [0.2, 0.25) is 0 Å². The predicted molar refractivity (Wildman–Crippen MR) is 110 cm³/mol. The standard InChI is InChI=1S/C18H30FN3O.HI/c1-18(2,3)16(23-5)13-22-17(20-4)21-11-7-9-14-8-6-10-15(19)12-14;/h6,8,10,12,16H,7,9,11,13H2,1-5H3,(H2,20,21,22);1H. The Hall–Kier alpha value is -0.890. The summed E-state index contributed by atoms with van der Waals surface area (Å²) in [7, 11) is 3.48. The van der Waals surface area contributed by atoms with Crippen molar-refractivity contribution >= 4 is 29.9 Å². The molecular formula is C18H31FIN3O. The molecule has 0 saturated carbocycles. The van der Waals surface area contributed by atoms with Gasteiger partial charge in [0.2, 0.25) is 0 Å². The van der Waals surface area contributed by atoms with Gasteiger partial charge in [-0.25, -0.2) is 4.39 Å².